The van der Waals surface area contributed by atoms with Crippen LogP contribution in [-0.2, 0) is 0 Å². The van der Waals surface area contributed by atoms with Crippen molar-refractivity contribution in [1.82, 2.24) is 19.9 Å². The highest BCUT2D eigenvalue weighted by molar-refractivity contribution is 5.46. The van der Waals surface area contributed by atoms with Gasteiger partial charge in [0.25, 0.3) is 0 Å². The summed E-state index contributed by atoms with van der Waals surface area (Å²) in [4.78, 5) is 6.98. The van der Waals surface area contributed by atoms with Gasteiger partial charge in [0.1, 0.15) is 0 Å². The average molecular weight is 243 g/mol. The first kappa shape index (κ1) is 10.3. The fraction of sp³-hybridized carbons (Fsp3) is 0.538. The van der Waals surface area contributed by atoms with Crippen molar-refractivity contribution in [3.05, 3.63) is 23.9 Å². The minimum absolute atomic E-state index is 0.776. The maximum atomic E-state index is 4.64. The van der Waals surface area contributed by atoms with E-state index in [4.69, 9.17) is 0 Å². The lowest BCUT2D eigenvalue weighted by atomic mass is 10.0. The van der Waals surface area contributed by atoms with Gasteiger partial charge in [0.15, 0.2) is 5.65 Å². The summed E-state index contributed by atoms with van der Waals surface area (Å²) in [7, 11) is 0. The Kier molecular flexibility index (Phi) is 2.11. The summed E-state index contributed by atoms with van der Waals surface area (Å²) in [6.07, 6.45) is 0. The summed E-state index contributed by atoms with van der Waals surface area (Å²) < 4.78 is 1.93. The minimum Gasteiger partial charge on any atom is -0.339 e. The molecule has 2 atom stereocenters. The first-order chi connectivity index (χ1) is 8.81. The van der Waals surface area contributed by atoms with Crippen molar-refractivity contribution in [3.63, 3.8) is 0 Å². The molecule has 0 aromatic carbocycles. The molecule has 4 heterocycles. The Labute approximate surface area is 106 Å². The molecule has 2 fully saturated rings. The fourth-order valence-corrected chi connectivity index (χ4v) is 3.18. The van der Waals surface area contributed by atoms with Crippen LogP contribution in [0.25, 0.3) is 5.65 Å². The van der Waals surface area contributed by atoms with E-state index in [-0.39, 0.29) is 0 Å². The number of nitrogens with zero attached hydrogens (tertiary/aromatic N) is 4. The third-order valence-electron chi connectivity index (χ3n) is 4.21. The van der Waals surface area contributed by atoms with Gasteiger partial charge in [0.05, 0.1) is 0 Å². The Hall–Kier alpha value is -1.62. The SMILES string of the molecule is Cc1cccc2nc(N3C[C@H]4CNC[C@H]4C3)nn12. The molecule has 0 saturated carbocycles. The van der Waals surface area contributed by atoms with Gasteiger partial charge in [-0.05, 0) is 30.9 Å². The predicted molar refractivity (Wildman–Crippen MR) is 69.8 cm³/mol. The number of hydrogen-bond donors (Lipinski definition) is 1. The van der Waals surface area contributed by atoms with E-state index in [1.165, 1.54) is 0 Å². The topological polar surface area (TPSA) is 45.5 Å². The summed E-state index contributed by atoms with van der Waals surface area (Å²) in [5, 5.41) is 8.09. The number of rotatable bonds is 1. The Balaban J connectivity index is 1.69. The van der Waals surface area contributed by atoms with E-state index >= 15 is 0 Å². The zero-order chi connectivity index (χ0) is 12.1. The second-order valence-electron chi connectivity index (χ2n) is 5.43. The molecule has 0 spiro atoms. The van der Waals surface area contributed by atoms with Crippen LogP contribution in [0.2, 0.25) is 0 Å². The summed E-state index contributed by atoms with van der Waals surface area (Å²) in [5.41, 5.74) is 2.08. The molecule has 2 saturated heterocycles. The summed E-state index contributed by atoms with van der Waals surface area (Å²) in [5.74, 6) is 2.44. The number of anilines is 1. The molecule has 5 heteroatoms. The first-order valence-corrected chi connectivity index (χ1v) is 6.59. The van der Waals surface area contributed by atoms with Gasteiger partial charge < -0.3 is 10.2 Å². The number of fused-ring (bicyclic) bond motifs is 2. The van der Waals surface area contributed by atoms with Crippen molar-refractivity contribution >= 4 is 11.6 Å². The Morgan fingerprint density at radius 3 is 2.72 bits per heavy atom. The van der Waals surface area contributed by atoms with Gasteiger partial charge in [0, 0.05) is 31.9 Å². The molecule has 4 rings (SSSR count). The average Bonchev–Trinajstić information content (AvgIpc) is 3.01. The van der Waals surface area contributed by atoms with Crippen LogP contribution in [0.5, 0.6) is 0 Å². The standard InChI is InChI=1S/C13H17N5/c1-9-3-2-4-12-15-13(16-18(9)12)17-7-10-5-14-6-11(10)8-17/h2-4,10-11,14H,5-8H2,1H3/t10-,11+. The van der Waals surface area contributed by atoms with Gasteiger partial charge in [-0.25, -0.2) is 4.52 Å². The first-order valence-electron chi connectivity index (χ1n) is 6.59. The quantitative estimate of drug-likeness (QED) is 0.800. The molecule has 2 aromatic rings. The van der Waals surface area contributed by atoms with E-state index in [0.717, 1.165) is 55.3 Å². The molecule has 18 heavy (non-hydrogen) atoms. The Morgan fingerprint density at radius 2 is 2.00 bits per heavy atom. The molecule has 0 aliphatic carbocycles. The molecule has 2 aliphatic rings. The Bertz CT molecular complexity index is 578. The minimum atomic E-state index is 0.776. The maximum Gasteiger partial charge on any atom is 0.245 e. The third-order valence-corrected chi connectivity index (χ3v) is 4.21. The van der Waals surface area contributed by atoms with Crippen molar-refractivity contribution in [2.75, 3.05) is 31.1 Å². The van der Waals surface area contributed by atoms with Crippen LogP contribution in [0, 0.1) is 18.8 Å². The molecular formula is C13H17N5. The van der Waals surface area contributed by atoms with E-state index in [0.29, 0.717) is 0 Å². The molecule has 0 bridgehead atoms. The summed E-state index contributed by atoms with van der Waals surface area (Å²) in [6, 6.07) is 6.11. The monoisotopic (exact) mass is 243 g/mol. The second kappa shape index (κ2) is 3.68. The van der Waals surface area contributed by atoms with Crippen molar-refractivity contribution in [2.45, 2.75) is 6.92 Å². The van der Waals surface area contributed by atoms with E-state index in [1.807, 2.05) is 16.6 Å². The summed E-state index contributed by atoms with van der Waals surface area (Å²) in [6.45, 7) is 6.54. The van der Waals surface area contributed by atoms with Crippen LogP contribution in [0.1, 0.15) is 5.69 Å². The van der Waals surface area contributed by atoms with Crippen molar-refractivity contribution < 1.29 is 0 Å². The highest BCUT2D eigenvalue weighted by atomic mass is 15.4. The van der Waals surface area contributed by atoms with E-state index in [1.54, 1.807) is 0 Å². The van der Waals surface area contributed by atoms with Crippen molar-refractivity contribution in [2.24, 2.45) is 11.8 Å². The highest BCUT2D eigenvalue weighted by Gasteiger charge is 2.37. The van der Waals surface area contributed by atoms with Crippen LogP contribution in [0.3, 0.4) is 0 Å². The lowest BCUT2D eigenvalue weighted by Gasteiger charge is -2.14. The lowest BCUT2D eigenvalue weighted by molar-refractivity contribution is 0.533. The fourth-order valence-electron chi connectivity index (χ4n) is 3.18. The van der Waals surface area contributed by atoms with Gasteiger partial charge in [-0.2, -0.15) is 4.98 Å². The molecule has 0 amide bonds. The third kappa shape index (κ3) is 1.43. The van der Waals surface area contributed by atoms with Gasteiger partial charge in [-0.3, -0.25) is 0 Å². The van der Waals surface area contributed by atoms with Crippen molar-refractivity contribution in [1.29, 1.82) is 0 Å². The van der Waals surface area contributed by atoms with E-state index in [9.17, 15) is 0 Å². The van der Waals surface area contributed by atoms with Crippen LogP contribution < -0.4 is 10.2 Å². The number of nitrogens with one attached hydrogen (secondary N) is 1. The predicted octanol–water partition coefficient (Wildman–Crippen LogP) is 0.693. The van der Waals surface area contributed by atoms with Crippen LogP contribution >= 0.6 is 0 Å². The van der Waals surface area contributed by atoms with Crippen LogP contribution in [-0.4, -0.2) is 40.8 Å². The number of hydrogen-bond acceptors (Lipinski definition) is 4. The molecule has 0 unspecified atom stereocenters. The molecule has 5 nitrogen and oxygen atoms in total. The van der Waals surface area contributed by atoms with Gasteiger partial charge in [-0.15, -0.1) is 5.10 Å². The number of aryl methyl sites for hydroxylation is 1. The molecule has 2 aliphatic heterocycles. The number of aromatic nitrogens is 3. The molecule has 2 aromatic heterocycles. The Morgan fingerprint density at radius 1 is 1.22 bits per heavy atom. The maximum absolute atomic E-state index is 4.64. The lowest BCUT2D eigenvalue weighted by Crippen LogP contribution is -2.26. The highest BCUT2D eigenvalue weighted by Crippen LogP contribution is 2.29. The van der Waals surface area contributed by atoms with E-state index in [2.05, 4.69) is 33.3 Å². The van der Waals surface area contributed by atoms with Crippen LogP contribution in [0.4, 0.5) is 5.95 Å². The smallest absolute Gasteiger partial charge is 0.245 e. The zero-order valence-corrected chi connectivity index (χ0v) is 10.5. The molecule has 0 radical (unpaired) electrons. The van der Waals surface area contributed by atoms with Crippen molar-refractivity contribution in [3.8, 4) is 0 Å². The normalized spacial score (nSPS) is 27.1. The summed E-state index contributed by atoms with van der Waals surface area (Å²) >= 11 is 0. The largest absolute Gasteiger partial charge is 0.339 e. The molecule has 1 N–H and O–H groups in total. The van der Waals surface area contributed by atoms with E-state index < -0.39 is 0 Å². The van der Waals surface area contributed by atoms with Crippen LogP contribution in [0.15, 0.2) is 18.2 Å². The zero-order valence-electron chi connectivity index (χ0n) is 10.5. The van der Waals surface area contributed by atoms with Gasteiger partial charge in [0.2, 0.25) is 5.95 Å². The van der Waals surface area contributed by atoms with Gasteiger partial charge in [-0.1, -0.05) is 6.07 Å². The van der Waals surface area contributed by atoms with Gasteiger partial charge >= 0.3 is 0 Å². The molecule has 94 valence electrons. The number of pyridine rings is 1. The second-order valence-corrected chi connectivity index (χ2v) is 5.43. The molecular weight excluding hydrogens is 226 g/mol.